The number of hydrogen-bond donors (Lipinski definition) is 4. The molecule has 53 heavy (non-hydrogen) atoms. The van der Waals surface area contributed by atoms with Crippen LogP contribution in [-0.4, -0.2) is 82.0 Å². The third-order valence-corrected chi connectivity index (χ3v) is 10.2. The van der Waals surface area contributed by atoms with E-state index in [0.29, 0.717) is 0 Å². The number of phenols is 1. The zero-order valence-corrected chi connectivity index (χ0v) is 31.6. The van der Waals surface area contributed by atoms with Crippen molar-refractivity contribution in [3.05, 3.63) is 70.2 Å². The molecule has 1 aromatic carbocycles. The number of rotatable bonds is 3. The van der Waals surface area contributed by atoms with Gasteiger partial charge in [0.2, 0.25) is 5.78 Å². The predicted molar refractivity (Wildman–Crippen MR) is 189 cm³/mol. The van der Waals surface area contributed by atoms with Crippen molar-refractivity contribution in [2.24, 2.45) is 23.7 Å². The summed E-state index contributed by atoms with van der Waals surface area (Å²) in [4.78, 5) is 65.0. The Balaban J connectivity index is 1.85. The van der Waals surface area contributed by atoms with Gasteiger partial charge in [-0.05, 0) is 19.9 Å². The molecule has 0 saturated heterocycles. The molecule has 4 N–H and O–H groups in total. The number of hydrogen-bond acceptors (Lipinski definition) is 13. The molecule has 4 aliphatic rings. The molecule has 0 aromatic heterocycles. The Labute approximate surface area is 308 Å². The monoisotopic (exact) mass is 739 g/mol. The number of carbonyl (C=O) groups is 5. The average Bonchev–Trinajstić information content (AvgIpc) is 3.36. The average molecular weight is 740 g/mol. The molecule has 1 aliphatic carbocycles. The second kappa shape index (κ2) is 16.1. The molecule has 14 nitrogen and oxygen atoms in total. The second-order valence-corrected chi connectivity index (χ2v) is 14.1. The number of ether oxygens (including phenoxy) is 5. The fourth-order valence-electron chi connectivity index (χ4n) is 7.16. The summed E-state index contributed by atoms with van der Waals surface area (Å²) in [5.41, 5.74) is -0.925. The number of fused-ring (bicyclic) bond motifs is 14. The molecule has 5 rings (SSSR count). The van der Waals surface area contributed by atoms with Gasteiger partial charge in [0.1, 0.15) is 23.7 Å². The van der Waals surface area contributed by atoms with Crippen LogP contribution in [0.25, 0.3) is 0 Å². The van der Waals surface area contributed by atoms with Crippen LogP contribution in [0.3, 0.4) is 0 Å². The van der Waals surface area contributed by atoms with E-state index in [2.05, 4.69) is 5.32 Å². The minimum atomic E-state index is -1.85. The van der Waals surface area contributed by atoms with Gasteiger partial charge in [-0.3, -0.25) is 24.0 Å². The minimum absolute atomic E-state index is 0.0485. The molecule has 0 fully saturated rings. The summed E-state index contributed by atoms with van der Waals surface area (Å²) in [5, 5.41) is 36.9. The van der Waals surface area contributed by atoms with Crippen molar-refractivity contribution < 1.29 is 63.0 Å². The number of aromatic hydroxyl groups is 1. The van der Waals surface area contributed by atoms with Crippen LogP contribution in [0, 0.1) is 30.6 Å². The molecule has 1 amide bonds. The summed E-state index contributed by atoms with van der Waals surface area (Å²) in [5.74, 6) is -8.41. The molecule has 3 aliphatic heterocycles. The highest BCUT2D eigenvalue weighted by atomic mass is 16.7. The smallest absolute Gasteiger partial charge is 0.302 e. The van der Waals surface area contributed by atoms with Gasteiger partial charge in [0, 0.05) is 79.9 Å². The van der Waals surface area contributed by atoms with Crippen molar-refractivity contribution in [1.82, 2.24) is 5.32 Å². The Bertz CT molecular complexity index is 1790. The third kappa shape index (κ3) is 8.09. The molecule has 288 valence electrons. The first kappa shape index (κ1) is 41.0. The number of Topliss-reactive ketones (excluding diaryl/α,β-unsaturated/α-hetero) is 1. The van der Waals surface area contributed by atoms with Gasteiger partial charge in [-0.2, -0.15) is 0 Å². The van der Waals surface area contributed by atoms with Crippen LogP contribution in [-0.2, 0) is 33.3 Å². The number of amides is 1. The van der Waals surface area contributed by atoms with Crippen LogP contribution in [0.15, 0.2) is 47.9 Å². The number of nitrogens with one attached hydrogen (secondary N) is 1. The maximum Gasteiger partial charge on any atom is 0.302 e. The van der Waals surface area contributed by atoms with E-state index in [0.717, 1.165) is 6.08 Å². The van der Waals surface area contributed by atoms with Gasteiger partial charge < -0.3 is 44.3 Å². The van der Waals surface area contributed by atoms with E-state index in [4.69, 9.17) is 23.7 Å². The first-order chi connectivity index (χ1) is 24.7. The van der Waals surface area contributed by atoms with E-state index in [-0.39, 0.29) is 33.7 Å². The maximum absolute atomic E-state index is 13.7. The van der Waals surface area contributed by atoms with Gasteiger partial charge >= 0.3 is 11.9 Å². The van der Waals surface area contributed by atoms with Gasteiger partial charge in [-0.25, -0.2) is 0 Å². The number of allylic oxidation sites excluding steroid dienone is 4. The van der Waals surface area contributed by atoms with E-state index in [9.17, 15) is 39.3 Å². The van der Waals surface area contributed by atoms with E-state index in [1.165, 1.54) is 60.1 Å². The summed E-state index contributed by atoms with van der Waals surface area (Å²) in [6.45, 7) is 13.8. The maximum atomic E-state index is 13.7. The lowest BCUT2D eigenvalue weighted by atomic mass is 9.78. The lowest BCUT2D eigenvalue weighted by Gasteiger charge is -2.38. The van der Waals surface area contributed by atoms with Gasteiger partial charge in [0.15, 0.2) is 11.9 Å². The van der Waals surface area contributed by atoms with Crippen molar-refractivity contribution >= 4 is 29.4 Å². The van der Waals surface area contributed by atoms with Crippen molar-refractivity contribution in [1.29, 1.82) is 0 Å². The van der Waals surface area contributed by atoms with Gasteiger partial charge in [0.25, 0.3) is 11.7 Å². The number of esters is 2. The predicted octanol–water partition coefficient (Wildman–Crippen LogP) is 4.05. The third-order valence-electron chi connectivity index (χ3n) is 10.2. The summed E-state index contributed by atoms with van der Waals surface area (Å²) >= 11 is 0. The lowest BCUT2D eigenvalue weighted by molar-refractivity contribution is -0.181. The highest BCUT2D eigenvalue weighted by Gasteiger charge is 2.51. The van der Waals surface area contributed by atoms with Gasteiger partial charge in [-0.15, -0.1) is 0 Å². The molecule has 14 heteroatoms. The van der Waals surface area contributed by atoms with Crippen molar-refractivity contribution in [2.45, 2.75) is 98.6 Å². The highest BCUT2D eigenvalue weighted by molar-refractivity contribution is 6.27. The molecular weight excluding hydrogens is 690 g/mol. The SMILES string of the molecule is CO[C@H]1C=CO[C@@]2(C)Oc3c(C)c(O)c4c(c3[C@H]2O)C(=O)C=C(NC(=O)/C(C)=C\C=C/[C@H](C)[C@H](OC(C)=O)[C@@H](C)[C@@H](O)[C@@H](C)[C@H](OC(C)=O)[C@@H]1C)C4=O. The summed E-state index contributed by atoms with van der Waals surface area (Å²) in [7, 11) is 1.43. The fraction of sp³-hybridized carbons (Fsp3) is 0.513. The highest BCUT2D eigenvalue weighted by Crippen LogP contribution is 2.52. The summed E-state index contributed by atoms with van der Waals surface area (Å²) in [6.07, 6.45) is 3.03. The molecular formula is C39H49NO13. The van der Waals surface area contributed by atoms with E-state index in [1.54, 1.807) is 39.8 Å². The number of aliphatic hydroxyl groups is 2. The molecule has 5 bridgehead atoms. The minimum Gasteiger partial charge on any atom is -0.507 e. The molecule has 0 unspecified atom stereocenters. The fourth-order valence-corrected chi connectivity index (χ4v) is 7.16. The van der Waals surface area contributed by atoms with Crippen molar-refractivity contribution in [3.8, 4) is 11.5 Å². The Hall–Kier alpha value is -4.79. The Kier molecular flexibility index (Phi) is 12.4. The number of aliphatic hydroxyl groups excluding tert-OH is 2. The van der Waals surface area contributed by atoms with E-state index >= 15 is 0 Å². The second-order valence-electron chi connectivity index (χ2n) is 14.1. The van der Waals surface area contributed by atoms with E-state index in [1.807, 2.05) is 0 Å². The number of methoxy groups -OCH3 is 1. The molecule has 0 radical (unpaired) electrons. The Morgan fingerprint density at radius 2 is 1.51 bits per heavy atom. The Morgan fingerprint density at radius 1 is 0.906 bits per heavy atom. The molecule has 3 heterocycles. The Morgan fingerprint density at radius 3 is 2.11 bits per heavy atom. The normalized spacial score (nSPS) is 33.8. The molecule has 0 saturated carbocycles. The standard InChI is InChI=1S/C39H49NO13/c1-17-12-11-13-18(2)38(48)40-25-16-26(43)28-29(33(25)46)32(45)22(6)36-30(28)37(47)39(9,53-36)50-15-14-27(49-10)19(3)35(52-24(8)42)21(5)31(44)20(4)34(17)51-23(7)41/h11-17,19-21,27,31,34-35,37,44-45,47H,1-10H3,(H,40,48)/b12-11-,15-14?,18-13-/t17-,19+,20-,21+,27-,31+,34-,35+,37+,39-/m0/s1. The van der Waals surface area contributed by atoms with Crippen molar-refractivity contribution in [3.63, 3.8) is 0 Å². The lowest BCUT2D eigenvalue weighted by Crippen LogP contribution is -2.47. The number of benzene rings is 1. The molecule has 10 atom stereocenters. The van der Waals surface area contributed by atoms with Crippen molar-refractivity contribution in [2.75, 3.05) is 7.11 Å². The van der Waals surface area contributed by atoms with Gasteiger partial charge in [-0.1, -0.05) is 45.9 Å². The summed E-state index contributed by atoms with van der Waals surface area (Å²) in [6, 6.07) is 0. The zero-order chi connectivity index (χ0) is 39.7. The first-order valence-electron chi connectivity index (χ1n) is 17.4. The molecule has 1 aromatic rings. The molecule has 0 spiro atoms. The van der Waals surface area contributed by atoms with Crippen LogP contribution in [0.4, 0.5) is 0 Å². The van der Waals surface area contributed by atoms with Crippen LogP contribution in [0.5, 0.6) is 11.5 Å². The van der Waals surface area contributed by atoms with Crippen LogP contribution in [0.1, 0.15) is 93.3 Å². The number of carbonyl (C=O) groups excluding carboxylic acids is 5. The quantitative estimate of drug-likeness (QED) is 0.324. The topological polar surface area (TPSA) is 204 Å². The zero-order valence-electron chi connectivity index (χ0n) is 31.6. The van der Waals surface area contributed by atoms with Crippen LogP contribution < -0.4 is 10.1 Å². The van der Waals surface area contributed by atoms with Crippen LogP contribution >= 0.6 is 0 Å². The largest absolute Gasteiger partial charge is 0.507 e. The van der Waals surface area contributed by atoms with E-state index < -0.39 is 101 Å². The van der Waals surface area contributed by atoms with Gasteiger partial charge in [0.05, 0.1) is 29.7 Å². The first-order valence-corrected chi connectivity index (χ1v) is 17.4. The van der Waals surface area contributed by atoms with Crippen LogP contribution in [0.2, 0.25) is 0 Å². The number of phenolic OH excluding ortho intramolecular Hbond substituents is 1. The number of ketones is 2. The summed E-state index contributed by atoms with van der Waals surface area (Å²) < 4.78 is 29.1.